The number of para-hydroxylation sites is 1. The first-order valence-corrected chi connectivity index (χ1v) is 5.63. The second kappa shape index (κ2) is 4.29. The number of carbonyl (C=O) groups is 2. The van der Waals surface area contributed by atoms with Crippen LogP contribution in [0.2, 0.25) is 0 Å². The topological polar surface area (TPSA) is 52.6 Å². The highest BCUT2D eigenvalue weighted by molar-refractivity contribution is 6.24. The summed E-state index contributed by atoms with van der Waals surface area (Å²) < 4.78 is 10.2. The molecular weight excluding hydrogens is 232 g/mol. The van der Waals surface area contributed by atoms with Crippen LogP contribution >= 0.6 is 0 Å². The van der Waals surface area contributed by atoms with Gasteiger partial charge in [-0.25, -0.2) is 9.59 Å². The average molecular weight is 246 g/mol. The second-order valence-electron chi connectivity index (χ2n) is 4.98. The number of esters is 2. The van der Waals surface area contributed by atoms with Crippen LogP contribution in [-0.2, 0) is 14.3 Å². The molecule has 0 aromatic heterocycles. The Morgan fingerprint density at radius 1 is 1.28 bits per heavy atom. The molecule has 0 spiro atoms. The minimum atomic E-state index is -0.587. The van der Waals surface area contributed by atoms with E-state index in [-0.39, 0.29) is 5.57 Å². The van der Waals surface area contributed by atoms with E-state index in [1.54, 1.807) is 45.0 Å². The Bertz CT molecular complexity index is 535. The first-order chi connectivity index (χ1) is 8.37. The van der Waals surface area contributed by atoms with Gasteiger partial charge in [-0.2, -0.15) is 0 Å². The highest BCUT2D eigenvalue weighted by atomic mass is 16.6. The van der Waals surface area contributed by atoms with Crippen molar-refractivity contribution < 1.29 is 19.1 Å². The maximum atomic E-state index is 11.7. The van der Waals surface area contributed by atoms with Crippen molar-refractivity contribution in [2.75, 3.05) is 0 Å². The molecule has 1 aliphatic rings. The van der Waals surface area contributed by atoms with Gasteiger partial charge in [-0.3, -0.25) is 0 Å². The van der Waals surface area contributed by atoms with E-state index < -0.39 is 17.5 Å². The summed E-state index contributed by atoms with van der Waals surface area (Å²) in [4.78, 5) is 23.3. The molecule has 0 unspecified atom stereocenters. The zero-order valence-electron chi connectivity index (χ0n) is 10.5. The number of benzene rings is 1. The molecule has 4 nitrogen and oxygen atoms in total. The molecule has 0 saturated heterocycles. The van der Waals surface area contributed by atoms with Gasteiger partial charge in [0.2, 0.25) is 0 Å². The quantitative estimate of drug-likeness (QED) is 0.433. The van der Waals surface area contributed by atoms with Crippen molar-refractivity contribution in [1.29, 1.82) is 0 Å². The molecule has 0 N–H and O–H groups in total. The molecule has 0 atom stereocenters. The van der Waals surface area contributed by atoms with Gasteiger partial charge in [0.05, 0.1) is 5.57 Å². The lowest BCUT2D eigenvalue weighted by atomic mass is 10.1. The van der Waals surface area contributed by atoms with Crippen LogP contribution in [0.5, 0.6) is 5.75 Å². The van der Waals surface area contributed by atoms with Gasteiger partial charge in [0.15, 0.2) is 0 Å². The van der Waals surface area contributed by atoms with Crippen molar-refractivity contribution in [3.8, 4) is 5.75 Å². The number of hydrogen-bond acceptors (Lipinski definition) is 4. The lowest BCUT2D eigenvalue weighted by Gasteiger charge is -2.18. The smallest absolute Gasteiger partial charge is 0.344 e. The van der Waals surface area contributed by atoms with Crippen LogP contribution in [0.1, 0.15) is 26.3 Å². The summed E-state index contributed by atoms with van der Waals surface area (Å²) in [6.45, 7) is 5.30. The summed E-state index contributed by atoms with van der Waals surface area (Å²) >= 11 is 0. The Kier molecular flexibility index (Phi) is 2.95. The number of hydrogen-bond donors (Lipinski definition) is 0. The van der Waals surface area contributed by atoms with E-state index in [0.717, 1.165) is 0 Å². The monoisotopic (exact) mass is 246 g/mol. The first-order valence-electron chi connectivity index (χ1n) is 5.63. The molecule has 1 aliphatic heterocycles. The lowest BCUT2D eigenvalue weighted by molar-refractivity contribution is -0.148. The molecule has 0 radical (unpaired) electrons. The van der Waals surface area contributed by atoms with Crippen LogP contribution in [0, 0.1) is 0 Å². The van der Waals surface area contributed by atoms with Crippen LogP contribution in [0.15, 0.2) is 30.3 Å². The van der Waals surface area contributed by atoms with E-state index in [1.165, 1.54) is 6.08 Å². The van der Waals surface area contributed by atoms with Crippen LogP contribution in [-0.4, -0.2) is 17.5 Å². The van der Waals surface area contributed by atoms with Crippen molar-refractivity contribution in [3.63, 3.8) is 0 Å². The Morgan fingerprint density at radius 2 is 1.94 bits per heavy atom. The molecule has 0 saturated carbocycles. The Labute approximate surface area is 105 Å². The fourth-order valence-corrected chi connectivity index (χ4v) is 1.63. The average Bonchev–Trinajstić information content (AvgIpc) is 2.53. The molecule has 1 aromatic carbocycles. The number of carbonyl (C=O) groups excluding carboxylic acids is 2. The van der Waals surface area contributed by atoms with Crippen LogP contribution in [0.3, 0.4) is 0 Å². The van der Waals surface area contributed by atoms with Gasteiger partial charge in [0, 0.05) is 11.6 Å². The Balaban J connectivity index is 2.29. The predicted octanol–water partition coefficient (Wildman–Crippen LogP) is 2.33. The highest BCUT2D eigenvalue weighted by Gasteiger charge is 2.28. The minimum absolute atomic E-state index is 0.236. The fraction of sp³-hybridized carbons (Fsp3) is 0.286. The summed E-state index contributed by atoms with van der Waals surface area (Å²) in [6, 6.07) is 6.96. The summed E-state index contributed by atoms with van der Waals surface area (Å²) in [5.41, 5.74) is 0.268. The van der Waals surface area contributed by atoms with Gasteiger partial charge in [-0.15, -0.1) is 0 Å². The maximum absolute atomic E-state index is 11.7. The van der Waals surface area contributed by atoms with Crippen molar-refractivity contribution in [1.82, 2.24) is 0 Å². The first kappa shape index (κ1) is 12.4. The van der Waals surface area contributed by atoms with Gasteiger partial charge in [-0.05, 0) is 26.8 Å². The largest absolute Gasteiger partial charge is 0.457 e. The lowest BCUT2D eigenvalue weighted by Crippen LogP contribution is -2.23. The molecule has 0 aliphatic carbocycles. The van der Waals surface area contributed by atoms with Crippen molar-refractivity contribution in [2.24, 2.45) is 0 Å². The third-order valence-corrected chi connectivity index (χ3v) is 2.27. The maximum Gasteiger partial charge on any atom is 0.344 e. The predicted molar refractivity (Wildman–Crippen MR) is 65.9 cm³/mol. The van der Waals surface area contributed by atoms with Gasteiger partial charge >= 0.3 is 11.9 Å². The number of ether oxygens (including phenoxy) is 2. The summed E-state index contributed by atoms with van der Waals surface area (Å²) in [5, 5.41) is 0. The third-order valence-electron chi connectivity index (χ3n) is 2.27. The van der Waals surface area contributed by atoms with E-state index in [0.29, 0.717) is 11.3 Å². The molecule has 0 amide bonds. The number of fused-ring (bicyclic) bond motifs is 1. The van der Waals surface area contributed by atoms with Crippen molar-refractivity contribution in [3.05, 3.63) is 35.9 Å². The van der Waals surface area contributed by atoms with Gasteiger partial charge in [-0.1, -0.05) is 18.2 Å². The number of rotatable bonds is 1. The molecule has 1 aromatic rings. The van der Waals surface area contributed by atoms with E-state index in [1.807, 2.05) is 0 Å². The van der Waals surface area contributed by atoms with Gasteiger partial charge in [0.1, 0.15) is 11.4 Å². The van der Waals surface area contributed by atoms with Crippen molar-refractivity contribution >= 4 is 17.5 Å². The van der Waals surface area contributed by atoms with Crippen molar-refractivity contribution in [2.45, 2.75) is 26.4 Å². The van der Waals surface area contributed by atoms with Gasteiger partial charge < -0.3 is 9.47 Å². The van der Waals surface area contributed by atoms with Crippen LogP contribution in [0.4, 0.5) is 0 Å². The molecular formula is C14H14O4. The third kappa shape index (κ3) is 2.59. The molecule has 2 rings (SSSR count). The van der Waals surface area contributed by atoms with Gasteiger partial charge in [0.25, 0.3) is 0 Å². The highest BCUT2D eigenvalue weighted by Crippen LogP contribution is 2.33. The standard InChI is InChI=1S/C14H14O4/c1-14(2,3)18-12(15)8-10-9-6-4-5-7-11(9)17-13(10)16/h4-8H,1-3H3/b10-8+. The molecule has 0 bridgehead atoms. The Hall–Kier alpha value is -2.10. The molecule has 4 heteroatoms. The zero-order chi connectivity index (χ0) is 13.3. The zero-order valence-corrected chi connectivity index (χ0v) is 10.5. The summed E-state index contributed by atoms with van der Waals surface area (Å²) in [6.07, 6.45) is 1.18. The molecule has 1 heterocycles. The summed E-state index contributed by atoms with van der Waals surface area (Å²) in [5.74, 6) is -0.606. The van der Waals surface area contributed by atoms with Crippen LogP contribution < -0.4 is 4.74 Å². The molecule has 18 heavy (non-hydrogen) atoms. The minimum Gasteiger partial charge on any atom is -0.457 e. The summed E-state index contributed by atoms with van der Waals surface area (Å²) in [7, 11) is 0. The Morgan fingerprint density at radius 3 is 2.61 bits per heavy atom. The molecule has 0 fully saturated rings. The SMILES string of the molecule is CC(C)(C)OC(=O)/C=C1/C(=O)Oc2ccccc21. The fourth-order valence-electron chi connectivity index (χ4n) is 1.63. The van der Waals surface area contributed by atoms with E-state index in [2.05, 4.69) is 0 Å². The van der Waals surface area contributed by atoms with E-state index in [9.17, 15) is 9.59 Å². The van der Waals surface area contributed by atoms with E-state index >= 15 is 0 Å². The van der Waals surface area contributed by atoms with Crippen LogP contribution in [0.25, 0.3) is 5.57 Å². The second-order valence-corrected chi connectivity index (χ2v) is 4.98. The normalized spacial score (nSPS) is 16.4. The molecule has 94 valence electrons. The van der Waals surface area contributed by atoms with E-state index in [4.69, 9.17) is 9.47 Å².